The zero-order valence-electron chi connectivity index (χ0n) is 12.9. The van der Waals surface area contributed by atoms with Crippen molar-refractivity contribution in [3.8, 4) is 17.2 Å². The third-order valence-electron chi connectivity index (χ3n) is 3.01. The highest BCUT2D eigenvalue weighted by molar-refractivity contribution is 6.37. The van der Waals surface area contributed by atoms with Gasteiger partial charge in [-0.1, -0.05) is 40.9 Å². The molecule has 1 amide bonds. The number of methoxy groups -OCH3 is 2. The van der Waals surface area contributed by atoms with E-state index in [-0.39, 0.29) is 12.4 Å². The molecular formula is C16H14Cl3NO4. The van der Waals surface area contributed by atoms with Crippen LogP contribution in [0.4, 0.5) is 5.69 Å². The van der Waals surface area contributed by atoms with Gasteiger partial charge in [0.25, 0.3) is 5.91 Å². The van der Waals surface area contributed by atoms with Gasteiger partial charge in [0.15, 0.2) is 12.4 Å². The molecule has 0 heterocycles. The largest absolute Gasteiger partial charge is 0.495 e. The van der Waals surface area contributed by atoms with Gasteiger partial charge < -0.3 is 19.5 Å². The summed E-state index contributed by atoms with van der Waals surface area (Å²) < 4.78 is 15.7. The summed E-state index contributed by atoms with van der Waals surface area (Å²) >= 11 is 18.0. The predicted octanol–water partition coefficient (Wildman–Crippen LogP) is 4.68. The highest BCUT2D eigenvalue weighted by Crippen LogP contribution is 2.36. The fourth-order valence-electron chi connectivity index (χ4n) is 1.90. The summed E-state index contributed by atoms with van der Waals surface area (Å²) in [5, 5.41) is 3.67. The molecule has 0 aliphatic carbocycles. The molecule has 0 saturated heterocycles. The molecule has 0 aliphatic rings. The number of hydrogen-bond acceptors (Lipinski definition) is 4. The molecule has 128 valence electrons. The van der Waals surface area contributed by atoms with Gasteiger partial charge in [-0.15, -0.1) is 0 Å². The van der Waals surface area contributed by atoms with Crippen LogP contribution < -0.4 is 19.5 Å². The highest BCUT2D eigenvalue weighted by atomic mass is 35.5. The minimum atomic E-state index is -0.423. The maximum atomic E-state index is 12.1. The van der Waals surface area contributed by atoms with Gasteiger partial charge in [-0.3, -0.25) is 4.79 Å². The van der Waals surface area contributed by atoms with Gasteiger partial charge in [-0.2, -0.15) is 0 Å². The van der Waals surface area contributed by atoms with Crippen molar-refractivity contribution in [2.24, 2.45) is 0 Å². The Balaban J connectivity index is 2.10. The van der Waals surface area contributed by atoms with Gasteiger partial charge in [0, 0.05) is 12.1 Å². The van der Waals surface area contributed by atoms with Crippen molar-refractivity contribution in [1.82, 2.24) is 0 Å². The second-order valence-corrected chi connectivity index (χ2v) is 5.80. The Kier molecular flexibility index (Phi) is 6.43. The van der Waals surface area contributed by atoms with Crippen LogP contribution in [-0.4, -0.2) is 26.7 Å². The van der Waals surface area contributed by atoms with E-state index in [1.165, 1.54) is 14.2 Å². The smallest absolute Gasteiger partial charge is 0.262 e. The van der Waals surface area contributed by atoms with Crippen molar-refractivity contribution >= 4 is 46.4 Å². The Hall–Kier alpha value is -1.82. The van der Waals surface area contributed by atoms with Crippen LogP contribution in [0, 0.1) is 0 Å². The van der Waals surface area contributed by atoms with E-state index in [1.54, 1.807) is 30.3 Å². The number of carbonyl (C=O) groups is 1. The van der Waals surface area contributed by atoms with Crippen LogP contribution in [0.25, 0.3) is 0 Å². The quantitative estimate of drug-likeness (QED) is 0.778. The molecule has 0 saturated carbocycles. The monoisotopic (exact) mass is 389 g/mol. The first kappa shape index (κ1) is 18.5. The number of carbonyl (C=O) groups excluding carboxylic acids is 1. The molecule has 0 radical (unpaired) electrons. The summed E-state index contributed by atoms with van der Waals surface area (Å²) in [6.07, 6.45) is 0. The van der Waals surface area contributed by atoms with E-state index in [1.807, 2.05) is 0 Å². The van der Waals surface area contributed by atoms with Crippen molar-refractivity contribution in [2.45, 2.75) is 0 Å². The number of amides is 1. The molecule has 2 aromatic rings. The molecule has 8 heteroatoms. The van der Waals surface area contributed by atoms with Crippen molar-refractivity contribution in [3.63, 3.8) is 0 Å². The normalized spacial score (nSPS) is 10.2. The van der Waals surface area contributed by atoms with Crippen LogP contribution in [-0.2, 0) is 4.79 Å². The summed E-state index contributed by atoms with van der Waals surface area (Å²) in [5.74, 6) is 0.623. The minimum Gasteiger partial charge on any atom is -0.495 e. The Bertz CT molecular complexity index is 732. The summed E-state index contributed by atoms with van der Waals surface area (Å²) in [6.45, 7) is -0.280. The lowest BCUT2D eigenvalue weighted by Gasteiger charge is -2.14. The minimum absolute atomic E-state index is 0.247. The summed E-state index contributed by atoms with van der Waals surface area (Å²) in [4.78, 5) is 12.1. The molecule has 2 rings (SSSR count). The van der Waals surface area contributed by atoms with Crippen LogP contribution in [0.1, 0.15) is 0 Å². The molecule has 0 fully saturated rings. The average Bonchev–Trinajstić information content (AvgIpc) is 2.55. The van der Waals surface area contributed by atoms with Gasteiger partial charge >= 0.3 is 0 Å². The third kappa shape index (κ3) is 4.38. The number of halogens is 3. The first-order chi connectivity index (χ1) is 11.5. The Labute approximate surface area is 154 Å². The van der Waals surface area contributed by atoms with Crippen LogP contribution in [0.3, 0.4) is 0 Å². The maximum absolute atomic E-state index is 12.1. The predicted molar refractivity (Wildman–Crippen MR) is 95.1 cm³/mol. The van der Waals surface area contributed by atoms with Crippen LogP contribution in [0.5, 0.6) is 17.2 Å². The number of ether oxygens (including phenoxy) is 3. The van der Waals surface area contributed by atoms with Gasteiger partial charge in [0.1, 0.15) is 11.5 Å². The average molecular weight is 391 g/mol. The molecule has 0 aliphatic heterocycles. The second-order valence-electron chi connectivity index (χ2n) is 4.57. The van der Waals surface area contributed by atoms with Crippen LogP contribution >= 0.6 is 34.8 Å². The lowest BCUT2D eigenvalue weighted by molar-refractivity contribution is -0.118. The van der Waals surface area contributed by atoms with Gasteiger partial charge in [0.05, 0.1) is 35.0 Å². The number of rotatable bonds is 6. The zero-order chi connectivity index (χ0) is 17.7. The fourth-order valence-corrected chi connectivity index (χ4v) is 2.64. The number of benzene rings is 2. The van der Waals surface area contributed by atoms with Crippen molar-refractivity contribution in [3.05, 3.63) is 45.4 Å². The topological polar surface area (TPSA) is 56.8 Å². The van der Waals surface area contributed by atoms with E-state index < -0.39 is 5.91 Å². The highest BCUT2D eigenvalue weighted by Gasteiger charge is 2.14. The van der Waals surface area contributed by atoms with E-state index in [4.69, 9.17) is 49.0 Å². The van der Waals surface area contributed by atoms with Gasteiger partial charge in [0.2, 0.25) is 0 Å². The fraction of sp³-hybridized carbons (Fsp3) is 0.188. The molecule has 5 nitrogen and oxygen atoms in total. The molecule has 0 spiro atoms. The van der Waals surface area contributed by atoms with Crippen LogP contribution in [0.2, 0.25) is 15.1 Å². The van der Waals surface area contributed by atoms with Gasteiger partial charge in [-0.05, 0) is 12.1 Å². The molecular weight excluding hydrogens is 377 g/mol. The summed E-state index contributed by atoms with van der Waals surface area (Å²) in [7, 11) is 2.94. The zero-order valence-corrected chi connectivity index (χ0v) is 15.1. The van der Waals surface area contributed by atoms with Crippen molar-refractivity contribution in [2.75, 3.05) is 26.1 Å². The molecule has 1 N–H and O–H groups in total. The summed E-state index contributed by atoms with van der Waals surface area (Å²) in [6, 6.07) is 8.02. The molecule has 2 aromatic carbocycles. The number of nitrogens with one attached hydrogen (secondary N) is 1. The van der Waals surface area contributed by atoms with E-state index >= 15 is 0 Å². The van der Waals surface area contributed by atoms with Crippen molar-refractivity contribution in [1.29, 1.82) is 0 Å². The van der Waals surface area contributed by atoms with E-state index in [0.29, 0.717) is 32.3 Å². The maximum Gasteiger partial charge on any atom is 0.262 e. The summed E-state index contributed by atoms with van der Waals surface area (Å²) in [5.41, 5.74) is 0.401. The van der Waals surface area contributed by atoms with Crippen LogP contribution in [0.15, 0.2) is 30.3 Å². The Morgan fingerprint density at radius 1 is 1.00 bits per heavy atom. The third-order valence-corrected chi connectivity index (χ3v) is 3.91. The molecule has 24 heavy (non-hydrogen) atoms. The van der Waals surface area contributed by atoms with Gasteiger partial charge in [-0.25, -0.2) is 0 Å². The first-order valence-electron chi connectivity index (χ1n) is 6.74. The van der Waals surface area contributed by atoms with E-state index in [2.05, 4.69) is 5.32 Å². The Morgan fingerprint density at radius 3 is 2.21 bits per heavy atom. The standard InChI is InChI=1S/C16H14Cl3NO4/c1-22-13-7-12(14(23-2)6-11(13)19)20-15(21)8-24-16-9(17)4-3-5-10(16)18/h3-7H,8H2,1-2H3,(H,20,21). The Morgan fingerprint density at radius 2 is 1.62 bits per heavy atom. The molecule has 0 atom stereocenters. The SMILES string of the molecule is COc1cc(NC(=O)COc2c(Cl)cccc2Cl)c(OC)cc1Cl. The van der Waals surface area contributed by atoms with E-state index in [9.17, 15) is 4.79 Å². The van der Waals surface area contributed by atoms with E-state index in [0.717, 1.165) is 0 Å². The lowest BCUT2D eigenvalue weighted by atomic mass is 10.2. The number of anilines is 1. The molecule has 0 aromatic heterocycles. The second kappa shape index (κ2) is 8.33. The first-order valence-corrected chi connectivity index (χ1v) is 7.87. The lowest BCUT2D eigenvalue weighted by Crippen LogP contribution is -2.20. The number of para-hydroxylation sites is 1. The van der Waals surface area contributed by atoms with Crippen molar-refractivity contribution < 1.29 is 19.0 Å². The number of hydrogen-bond donors (Lipinski definition) is 1. The molecule has 0 bridgehead atoms. The molecule has 0 unspecified atom stereocenters.